The van der Waals surface area contributed by atoms with Crippen molar-refractivity contribution >= 4 is 43.6 Å². The zero-order valence-electron chi connectivity index (χ0n) is 36.9. The topological polar surface area (TPSA) is 48.5 Å². The molecule has 3 heterocycles. The minimum Gasteiger partial charge on any atom is -0.309 e. The van der Waals surface area contributed by atoms with Crippen molar-refractivity contribution in [1.82, 2.24) is 24.1 Å². The zero-order valence-corrected chi connectivity index (χ0v) is 36.9. The Morgan fingerprint density at radius 2 is 0.676 bits per heavy atom. The van der Waals surface area contributed by atoms with Gasteiger partial charge in [-0.2, -0.15) is 9.97 Å². The third-order valence-electron chi connectivity index (χ3n) is 13.1. The minimum atomic E-state index is 0.537. The van der Waals surface area contributed by atoms with E-state index in [1.165, 1.54) is 16.3 Å². The molecule has 0 aliphatic heterocycles. The molecule has 13 aromatic rings. The first-order valence-electron chi connectivity index (χ1n) is 23.0. The normalized spacial score (nSPS) is 11.5. The molecule has 3 aromatic heterocycles. The van der Waals surface area contributed by atoms with E-state index in [4.69, 9.17) is 15.0 Å². The number of hydrogen-bond acceptors (Lipinski definition) is 3. The standard InChI is InChI=1S/C63H41N5/c1-6-22-42(23-7-1)46-30-20-31-47(40-46)48-32-21-33-49(41-48)62-64-61(45-28-12-4-13-29-45)65-63(66-62)68-54-39-19-17-37-52(54)58-59(68)56(44-26-10-3-11-27-44)55(43-24-8-2-9-25-43)57-51-36-16-18-38-53(51)67(60(57)58)50-34-14-5-15-35-50/h1-41H. The second-order valence-corrected chi connectivity index (χ2v) is 17.1. The van der Waals surface area contributed by atoms with Crippen molar-refractivity contribution in [2.45, 2.75) is 0 Å². The lowest BCUT2D eigenvalue weighted by atomic mass is 9.88. The molecule has 10 aromatic carbocycles. The van der Waals surface area contributed by atoms with Crippen molar-refractivity contribution in [2.75, 3.05) is 0 Å². The number of fused-ring (bicyclic) bond motifs is 7. The van der Waals surface area contributed by atoms with Gasteiger partial charge in [-0.3, -0.25) is 4.57 Å². The monoisotopic (exact) mass is 867 g/mol. The van der Waals surface area contributed by atoms with Crippen molar-refractivity contribution in [3.05, 3.63) is 249 Å². The maximum atomic E-state index is 5.55. The highest BCUT2D eigenvalue weighted by molar-refractivity contribution is 6.34. The SMILES string of the molecule is c1ccc(-c2cccc(-c3cccc(-c4nc(-c5ccccc5)nc(-n5c6ccccc6c6c5c(-c5ccccc5)c(-c5ccccc5)c5c7ccccc7n(-c7ccccc7)c56)n4)c3)c2)cc1. The molecule has 0 saturated carbocycles. The molecule has 0 unspecified atom stereocenters. The highest BCUT2D eigenvalue weighted by atomic mass is 15.2. The van der Waals surface area contributed by atoms with E-state index >= 15 is 0 Å². The maximum absolute atomic E-state index is 5.55. The average molecular weight is 868 g/mol. The van der Waals surface area contributed by atoms with Crippen LogP contribution in [0.2, 0.25) is 0 Å². The van der Waals surface area contributed by atoms with Crippen LogP contribution in [0.1, 0.15) is 0 Å². The van der Waals surface area contributed by atoms with E-state index in [1.807, 2.05) is 18.2 Å². The van der Waals surface area contributed by atoms with E-state index < -0.39 is 0 Å². The molecule has 0 aliphatic rings. The number of hydrogen-bond donors (Lipinski definition) is 0. The molecule has 0 aliphatic carbocycles. The Hall–Kier alpha value is -9.19. The maximum Gasteiger partial charge on any atom is 0.238 e. The molecule has 0 fully saturated rings. The largest absolute Gasteiger partial charge is 0.309 e. The summed E-state index contributed by atoms with van der Waals surface area (Å²) in [5.41, 5.74) is 16.2. The summed E-state index contributed by atoms with van der Waals surface area (Å²) in [6.07, 6.45) is 0. The summed E-state index contributed by atoms with van der Waals surface area (Å²) < 4.78 is 4.76. The Morgan fingerprint density at radius 3 is 1.28 bits per heavy atom. The van der Waals surface area contributed by atoms with Crippen LogP contribution in [-0.2, 0) is 0 Å². The fraction of sp³-hybridized carbons (Fsp3) is 0. The van der Waals surface area contributed by atoms with Gasteiger partial charge in [-0.05, 0) is 69.8 Å². The smallest absolute Gasteiger partial charge is 0.238 e. The van der Waals surface area contributed by atoms with Gasteiger partial charge < -0.3 is 4.57 Å². The molecule has 0 spiro atoms. The van der Waals surface area contributed by atoms with E-state index in [2.05, 4.69) is 240 Å². The van der Waals surface area contributed by atoms with Gasteiger partial charge >= 0.3 is 0 Å². The van der Waals surface area contributed by atoms with E-state index in [1.54, 1.807) is 0 Å². The van der Waals surface area contributed by atoms with Crippen molar-refractivity contribution < 1.29 is 0 Å². The molecule has 68 heavy (non-hydrogen) atoms. The Morgan fingerprint density at radius 1 is 0.265 bits per heavy atom. The molecule has 0 N–H and O–H groups in total. The van der Waals surface area contributed by atoms with Crippen LogP contribution in [0.25, 0.3) is 123 Å². The fourth-order valence-corrected chi connectivity index (χ4v) is 10.2. The van der Waals surface area contributed by atoms with Gasteiger partial charge in [-0.25, -0.2) is 4.98 Å². The van der Waals surface area contributed by atoms with Gasteiger partial charge in [0.15, 0.2) is 11.6 Å². The number of rotatable bonds is 8. The molecule has 0 radical (unpaired) electrons. The van der Waals surface area contributed by atoms with Crippen LogP contribution in [0.5, 0.6) is 0 Å². The Kier molecular flexibility index (Phi) is 9.43. The molecule has 5 heteroatoms. The Balaban J connectivity index is 1.17. The van der Waals surface area contributed by atoms with E-state index in [0.717, 1.165) is 88.6 Å². The zero-order chi connectivity index (χ0) is 45.0. The van der Waals surface area contributed by atoms with Gasteiger partial charge in [0.25, 0.3) is 0 Å². The summed E-state index contributed by atoms with van der Waals surface area (Å²) >= 11 is 0. The van der Waals surface area contributed by atoms with Crippen molar-refractivity contribution in [3.63, 3.8) is 0 Å². The molecular weight excluding hydrogens is 827 g/mol. The second-order valence-electron chi connectivity index (χ2n) is 17.1. The van der Waals surface area contributed by atoms with Crippen molar-refractivity contribution in [2.24, 2.45) is 0 Å². The molecule has 13 rings (SSSR count). The number of aromatic nitrogens is 5. The van der Waals surface area contributed by atoms with Crippen LogP contribution >= 0.6 is 0 Å². The lowest BCUT2D eigenvalue weighted by Crippen LogP contribution is -2.07. The predicted octanol–water partition coefficient (Wildman–Crippen LogP) is 16.1. The van der Waals surface area contributed by atoms with E-state index in [0.29, 0.717) is 17.6 Å². The second kappa shape index (κ2) is 16.4. The molecule has 0 amide bonds. The summed E-state index contributed by atoms with van der Waals surface area (Å²) in [4.78, 5) is 16.3. The van der Waals surface area contributed by atoms with E-state index in [9.17, 15) is 0 Å². The van der Waals surface area contributed by atoms with Crippen molar-refractivity contribution in [1.29, 1.82) is 0 Å². The average Bonchev–Trinajstić information content (AvgIpc) is 3.95. The first-order chi connectivity index (χ1) is 33.8. The van der Waals surface area contributed by atoms with Gasteiger partial charge in [-0.15, -0.1) is 0 Å². The summed E-state index contributed by atoms with van der Waals surface area (Å²) in [6, 6.07) is 88.1. The lowest BCUT2D eigenvalue weighted by molar-refractivity contribution is 0.954. The molecule has 0 atom stereocenters. The molecule has 318 valence electrons. The summed E-state index contributed by atoms with van der Waals surface area (Å²) in [6.45, 7) is 0. The van der Waals surface area contributed by atoms with Crippen LogP contribution in [0.15, 0.2) is 249 Å². The molecule has 5 nitrogen and oxygen atoms in total. The molecule has 0 saturated heterocycles. The van der Waals surface area contributed by atoms with Gasteiger partial charge in [0.05, 0.1) is 22.1 Å². The van der Waals surface area contributed by atoms with Crippen LogP contribution in [0.4, 0.5) is 0 Å². The van der Waals surface area contributed by atoms with Gasteiger partial charge in [0, 0.05) is 49.5 Å². The lowest BCUT2D eigenvalue weighted by Gasteiger charge is -2.19. The first kappa shape index (κ1) is 39.2. The number of para-hydroxylation sites is 3. The van der Waals surface area contributed by atoms with Gasteiger partial charge in [-0.1, -0.05) is 212 Å². The number of benzene rings is 10. The molecule has 0 bridgehead atoms. The van der Waals surface area contributed by atoms with Gasteiger partial charge in [0.1, 0.15) is 0 Å². The summed E-state index contributed by atoms with van der Waals surface area (Å²) in [5.74, 6) is 1.72. The first-order valence-corrected chi connectivity index (χ1v) is 23.0. The predicted molar refractivity (Wildman–Crippen MR) is 281 cm³/mol. The quantitative estimate of drug-likeness (QED) is 0.153. The summed E-state index contributed by atoms with van der Waals surface area (Å²) in [7, 11) is 0. The fourth-order valence-electron chi connectivity index (χ4n) is 10.2. The third kappa shape index (κ3) is 6.51. The third-order valence-corrected chi connectivity index (χ3v) is 13.1. The van der Waals surface area contributed by atoms with Crippen LogP contribution in [0, 0.1) is 0 Å². The van der Waals surface area contributed by atoms with Crippen LogP contribution < -0.4 is 0 Å². The highest BCUT2D eigenvalue weighted by Gasteiger charge is 2.30. The van der Waals surface area contributed by atoms with Gasteiger partial charge in [0.2, 0.25) is 5.95 Å². The van der Waals surface area contributed by atoms with Crippen LogP contribution in [-0.4, -0.2) is 24.1 Å². The molecular formula is C63H41N5. The number of nitrogens with zero attached hydrogens (tertiary/aromatic N) is 5. The van der Waals surface area contributed by atoms with E-state index in [-0.39, 0.29) is 0 Å². The Labute approximate surface area is 393 Å². The van der Waals surface area contributed by atoms with Crippen molar-refractivity contribution in [3.8, 4) is 78.9 Å². The Bertz CT molecular complexity index is 3990. The summed E-state index contributed by atoms with van der Waals surface area (Å²) in [5, 5.41) is 4.61. The highest BCUT2D eigenvalue weighted by Crippen LogP contribution is 2.52. The minimum absolute atomic E-state index is 0.537. The van der Waals surface area contributed by atoms with Crippen LogP contribution in [0.3, 0.4) is 0 Å².